The van der Waals surface area contributed by atoms with Gasteiger partial charge in [0.2, 0.25) is 0 Å². The van der Waals surface area contributed by atoms with E-state index in [0.717, 1.165) is 0 Å². The molecule has 0 saturated heterocycles. The van der Waals surface area contributed by atoms with Crippen LogP contribution in [-0.4, -0.2) is 15.3 Å². The Morgan fingerprint density at radius 2 is 1.79 bits per heavy atom. The van der Waals surface area contributed by atoms with Crippen LogP contribution in [-0.2, 0) is 6.54 Å². The van der Waals surface area contributed by atoms with Gasteiger partial charge in [-0.25, -0.2) is 0 Å². The number of non-ortho nitro benzene ring substituents is 1. The number of aromatic nitrogens is 1. The number of halogens is 1. The highest BCUT2D eigenvalue weighted by Gasteiger charge is 2.13. The molecule has 0 radical (unpaired) electrons. The maximum atomic E-state index is 12.4. The zero-order chi connectivity index (χ0) is 17.3. The van der Waals surface area contributed by atoms with Crippen molar-refractivity contribution in [2.75, 3.05) is 0 Å². The van der Waals surface area contributed by atoms with Gasteiger partial charge in [0.1, 0.15) is 0 Å². The maximum Gasteiger partial charge on any atom is 0.270 e. The summed E-state index contributed by atoms with van der Waals surface area (Å²) in [6.45, 7) is -0.157. The molecule has 0 bridgehead atoms. The lowest BCUT2D eigenvalue weighted by Crippen LogP contribution is -2.23. The van der Waals surface area contributed by atoms with E-state index in [1.165, 1.54) is 34.9 Å². The van der Waals surface area contributed by atoms with Crippen molar-refractivity contribution in [2.45, 2.75) is 6.54 Å². The zero-order valence-electron chi connectivity index (χ0n) is 12.3. The van der Waals surface area contributed by atoms with Crippen molar-refractivity contribution in [3.8, 4) is 0 Å². The number of Topliss-reactive ketones (excluding diaryl/α,β-unsaturated/α-hetero) is 1. The van der Waals surface area contributed by atoms with Crippen LogP contribution in [0.2, 0.25) is 5.02 Å². The zero-order valence-corrected chi connectivity index (χ0v) is 13.1. The molecule has 120 valence electrons. The summed E-state index contributed by atoms with van der Waals surface area (Å²) in [6.07, 6.45) is 0. The largest absolute Gasteiger partial charge is 0.300 e. The van der Waals surface area contributed by atoms with Crippen LogP contribution >= 0.6 is 11.6 Å². The van der Waals surface area contributed by atoms with E-state index in [1.807, 2.05) is 0 Å². The Morgan fingerprint density at radius 3 is 2.46 bits per heavy atom. The topological polar surface area (TPSA) is 82.2 Å². The molecule has 7 heteroatoms. The number of fused-ring (bicyclic) bond motifs is 1. The lowest BCUT2D eigenvalue weighted by Gasteiger charge is -2.09. The van der Waals surface area contributed by atoms with Gasteiger partial charge in [-0.15, -0.1) is 0 Å². The molecule has 3 aromatic rings. The van der Waals surface area contributed by atoms with Gasteiger partial charge in [0.15, 0.2) is 5.78 Å². The molecule has 3 rings (SSSR count). The van der Waals surface area contributed by atoms with Gasteiger partial charge in [0.05, 0.1) is 17.0 Å². The summed E-state index contributed by atoms with van der Waals surface area (Å²) in [5.74, 6) is -0.250. The van der Waals surface area contributed by atoms with E-state index >= 15 is 0 Å². The van der Waals surface area contributed by atoms with Crippen LogP contribution in [0.3, 0.4) is 0 Å². The first-order valence-corrected chi connectivity index (χ1v) is 7.40. The van der Waals surface area contributed by atoms with Gasteiger partial charge in [-0.2, -0.15) is 0 Å². The highest BCUT2D eigenvalue weighted by molar-refractivity contribution is 6.30. The van der Waals surface area contributed by atoms with Gasteiger partial charge in [-0.05, 0) is 36.4 Å². The molecule has 0 amide bonds. The number of hydrogen-bond donors (Lipinski definition) is 0. The number of nitrogens with zero attached hydrogens (tertiary/aromatic N) is 2. The van der Waals surface area contributed by atoms with Crippen LogP contribution in [0.4, 0.5) is 5.69 Å². The summed E-state index contributed by atoms with van der Waals surface area (Å²) in [6, 6.07) is 13.3. The Balaban J connectivity index is 2.03. The summed E-state index contributed by atoms with van der Waals surface area (Å²) in [4.78, 5) is 34.9. The second-order valence-electron chi connectivity index (χ2n) is 5.19. The molecule has 0 spiro atoms. The van der Waals surface area contributed by atoms with Crippen LogP contribution < -0.4 is 5.56 Å². The number of nitro groups is 1. The van der Waals surface area contributed by atoms with Crippen LogP contribution in [0.25, 0.3) is 10.9 Å². The number of hydrogen-bond acceptors (Lipinski definition) is 4. The van der Waals surface area contributed by atoms with Crippen molar-refractivity contribution >= 4 is 34.0 Å². The molecule has 1 heterocycles. The molecule has 0 fully saturated rings. The van der Waals surface area contributed by atoms with E-state index in [2.05, 4.69) is 0 Å². The first kappa shape index (κ1) is 15.9. The number of carbonyl (C=O) groups excluding carboxylic acids is 1. The molecule has 0 aliphatic rings. The normalized spacial score (nSPS) is 10.7. The fourth-order valence-corrected chi connectivity index (χ4v) is 2.56. The number of benzene rings is 2. The van der Waals surface area contributed by atoms with Crippen molar-refractivity contribution in [3.63, 3.8) is 0 Å². The molecular weight excluding hydrogens is 332 g/mol. The third-order valence-electron chi connectivity index (χ3n) is 3.65. The molecule has 2 aromatic carbocycles. The first-order valence-electron chi connectivity index (χ1n) is 7.02. The molecule has 24 heavy (non-hydrogen) atoms. The molecule has 0 N–H and O–H groups in total. The minimum absolute atomic E-state index is 0.0725. The van der Waals surface area contributed by atoms with Crippen LogP contribution in [0.5, 0.6) is 0 Å². The quantitative estimate of drug-likeness (QED) is 0.413. The van der Waals surface area contributed by atoms with Crippen LogP contribution in [0.15, 0.2) is 59.4 Å². The van der Waals surface area contributed by atoms with E-state index < -0.39 is 4.92 Å². The highest BCUT2D eigenvalue weighted by atomic mass is 35.5. The number of ketones is 1. The molecule has 0 atom stereocenters. The van der Waals surface area contributed by atoms with E-state index in [0.29, 0.717) is 21.5 Å². The van der Waals surface area contributed by atoms with Gasteiger partial charge in [0, 0.05) is 34.2 Å². The van der Waals surface area contributed by atoms with Crippen molar-refractivity contribution in [1.82, 2.24) is 4.57 Å². The number of nitro benzene ring substituents is 1. The fourth-order valence-electron chi connectivity index (χ4n) is 2.44. The highest BCUT2D eigenvalue weighted by Crippen LogP contribution is 2.20. The second kappa shape index (κ2) is 6.25. The van der Waals surface area contributed by atoms with Crippen molar-refractivity contribution < 1.29 is 9.72 Å². The Labute approximate surface area is 141 Å². The summed E-state index contributed by atoms with van der Waals surface area (Å²) in [7, 11) is 0. The van der Waals surface area contributed by atoms with Crippen LogP contribution in [0, 0.1) is 10.1 Å². The Morgan fingerprint density at radius 1 is 1.08 bits per heavy atom. The van der Waals surface area contributed by atoms with E-state index in [4.69, 9.17) is 11.6 Å². The minimum atomic E-state index is -0.506. The van der Waals surface area contributed by atoms with E-state index in [9.17, 15) is 19.7 Å². The fraction of sp³-hybridized carbons (Fsp3) is 0.0588. The smallest absolute Gasteiger partial charge is 0.270 e. The summed E-state index contributed by atoms with van der Waals surface area (Å²) >= 11 is 5.80. The third-order valence-corrected chi connectivity index (χ3v) is 3.90. The molecule has 0 saturated carbocycles. The van der Waals surface area contributed by atoms with Gasteiger partial charge in [-0.3, -0.25) is 19.7 Å². The van der Waals surface area contributed by atoms with Gasteiger partial charge in [-0.1, -0.05) is 11.6 Å². The summed E-state index contributed by atoms with van der Waals surface area (Å²) in [5.41, 5.74) is 0.482. The lowest BCUT2D eigenvalue weighted by molar-refractivity contribution is -0.384. The number of carbonyl (C=O) groups is 1. The predicted octanol–water partition coefficient (Wildman–Crippen LogP) is 3.45. The molecule has 0 unspecified atom stereocenters. The average molecular weight is 343 g/mol. The van der Waals surface area contributed by atoms with E-state index in [1.54, 1.807) is 24.3 Å². The SMILES string of the molecule is O=C(Cn1c(=O)ccc2cc([N+](=O)[O-])ccc21)c1ccc(Cl)cc1. The Kier molecular flexibility index (Phi) is 4.14. The molecule has 0 aliphatic carbocycles. The monoisotopic (exact) mass is 342 g/mol. The Bertz CT molecular complexity index is 1010. The predicted molar refractivity (Wildman–Crippen MR) is 90.6 cm³/mol. The van der Waals surface area contributed by atoms with Crippen molar-refractivity contribution in [1.29, 1.82) is 0 Å². The summed E-state index contributed by atoms with van der Waals surface area (Å²) in [5, 5.41) is 11.9. The van der Waals surface area contributed by atoms with Crippen molar-refractivity contribution in [2.24, 2.45) is 0 Å². The first-order chi connectivity index (χ1) is 11.5. The second-order valence-corrected chi connectivity index (χ2v) is 5.62. The Hall–Kier alpha value is -2.99. The minimum Gasteiger partial charge on any atom is -0.300 e. The summed E-state index contributed by atoms with van der Waals surface area (Å²) < 4.78 is 1.30. The van der Waals surface area contributed by atoms with Crippen molar-refractivity contribution in [3.05, 3.63) is 85.7 Å². The standard InChI is InChI=1S/C17H11ClN2O4/c18-13-4-1-11(2-5-13)16(21)10-19-15-7-6-14(20(23)24)9-12(15)3-8-17(19)22/h1-9H,10H2. The molecule has 1 aromatic heterocycles. The van der Waals surface area contributed by atoms with Gasteiger partial charge in [0.25, 0.3) is 11.2 Å². The van der Waals surface area contributed by atoms with Gasteiger partial charge >= 0.3 is 0 Å². The maximum absolute atomic E-state index is 12.4. The van der Waals surface area contributed by atoms with E-state index in [-0.39, 0.29) is 23.6 Å². The molecule has 0 aliphatic heterocycles. The number of pyridine rings is 1. The third kappa shape index (κ3) is 3.04. The van der Waals surface area contributed by atoms with Gasteiger partial charge < -0.3 is 4.57 Å². The van der Waals surface area contributed by atoms with Crippen LogP contribution in [0.1, 0.15) is 10.4 Å². The molecule has 6 nitrogen and oxygen atoms in total. The number of rotatable bonds is 4. The molecular formula is C17H11ClN2O4. The average Bonchev–Trinajstić information content (AvgIpc) is 2.57. The lowest BCUT2D eigenvalue weighted by atomic mass is 10.1.